The van der Waals surface area contributed by atoms with Crippen molar-refractivity contribution in [3.05, 3.63) is 0 Å². The van der Waals surface area contributed by atoms with Gasteiger partial charge in [0.25, 0.3) is 0 Å². The van der Waals surface area contributed by atoms with Crippen molar-refractivity contribution >= 4 is 22.0 Å². The van der Waals surface area contributed by atoms with Crippen molar-refractivity contribution in [2.75, 3.05) is 12.9 Å². The number of carboxylic acid groups (broad SMARTS) is 1. The van der Waals surface area contributed by atoms with Crippen LogP contribution in [0.25, 0.3) is 0 Å². The molecule has 1 aliphatic rings. The van der Waals surface area contributed by atoms with Gasteiger partial charge in [-0.15, -0.1) is 0 Å². The molecule has 1 saturated carbocycles. The van der Waals surface area contributed by atoms with Crippen molar-refractivity contribution < 1.29 is 27.9 Å². The Balaban J connectivity index is 2.77. The van der Waals surface area contributed by atoms with E-state index in [1.807, 2.05) is 0 Å². The van der Waals surface area contributed by atoms with E-state index in [-0.39, 0.29) is 6.42 Å². The van der Waals surface area contributed by atoms with Crippen LogP contribution in [0.5, 0.6) is 0 Å². The van der Waals surface area contributed by atoms with Crippen LogP contribution in [-0.4, -0.2) is 43.9 Å². The Hall–Kier alpha value is -1.15. The monoisotopic (exact) mass is 279 g/mol. The van der Waals surface area contributed by atoms with Crippen molar-refractivity contribution in [2.24, 2.45) is 0 Å². The van der Waals surface area contributed by atoms with Crippen LogP contribution in [0.2, 0.25) is 0 Å². The quantitative estimate of drug-likeness (QED) is 0.655. The number of hydrogen-bond acceptors (Lipinski definition) is 5. The molecule has 0 aromatic rings. The van der Waals surface area contributed by atoms with E-state index in [4.69, 9.17) is 5.11 Å². The highest BCUT2D eigenvalue weighted by atomic mass is 32.2. The Morgan fingerprint density at radius 3 is 2.33 bits per heavy atom. The maximum atomic E-state index is 11.7. The number of carbonyl (C=O) groups excluding carboxylic acids is 1. The molecule has 0 atom stereocenters. The molecule has 1 aliphatic carbocycles. The standard InChI is InChI=1S/C10H17NO6S/c1-17-9(14)7-18(15,16)11-10(6-8(12)13)4-2-3-5-10/h11H,2-7H2,1H3,(H,12,13). The molecule has 104 valence electrons. The number of esters is 1. The zero-order valence-electron chi connectivity index (χ0n) is 10.1. The predicted molar refractivity (Wildman–Crippen MR) is 62.4 cm³/mol. The van der Waals surface area contributed by atoms with Gasteiger partial charge in [0.2, 0.25) is 10.0 Å². The molecule has 7 nitrogen and oxygen atoms in total. The van der Waals surface area contributed by atoms with Gasteiger partial charge in [-0.2, -0.15) is 0 Å². The Morgan fingerprint density at radius 2 is 1.89 bits per heavy atom. The second-order valence-corrected chi connectivity index (χ2v) is 6.22. The summed E-state index contributed by atoms with van der Waals surface area (Å²) in [6.45, 7) is 0. The molecule has 0 spiro atoms. The molecule has 18 heavy (non-hydrogen) atoms. The fourth-order valence-electron chi connectivity index (χ4n) is 2.24. The number of ether oxygens (including phenoxy) is 1. The van der Waals surface area contributed by atoms with E-state index in [1.54, 1.807) is 0 Å². The van der Waals surface area contributed by atoms with Crippen LogP contribution in [0.4, 0.5) is 0 Å². The largest absolute Gasteiger partial charge is 0.481 e. The summed E-state index contributed by atoms with van der Waals surface area (Å²) in [6.07, 6.45) is 2.22. The number of nitrogens with one attached hydrogen (secondary N) is 1. The zero-order chi connectivity index (χ0) is 13.8. The highest BCUT2D eigenvalue weighted by Gasteiger charge is 2.39. The average Bonchev–Trinajstić information content (AvgIpc) is 2.62. The molecule has 0 saturated heterocycles. The van der Waals surface area contributed by atoms with Gasteiger partial charge in [-0.1, -0.05) is 12.8 Å². The van der Waals surface area contributed by atoms with Gasteiger partial charge in [-0.05, 0) is 12.8 Å². The van der Waals surface area contributed by atoms with Gasteiger partial charge in [-0.25, -0.2) is 13.1 Å². The molecular formula is C10H17NO6S. The van der Waals surface area contributed by atoms with Gasteiger partial charge in [0, 0.05) is 5.54 Å². The lowest BCUT2D eigenvalue weighted by Crippen LogP contribution is -2.49. The Bertz CT molecular complexity index is 424. The third-order valence-electron chi connectivity index (χ3n) is 2.96. The average molecular weight is 279 g/mol. The Kier molecular flexibility index (Phi) is 4.69. The van der Waals surface area contributed by atoms with E-state index in [0.717, 1.165) is 20.0 Å². The summed E-state index contributed by atoms with van der Waals surface area (Å²) >= 11 is 0. The fourth-order valence-corrected chi connectivity index (χ4v) is 3.67. The minimum absolute atomic E-state index is 0.270. The lowest BCUT2D eigenvalue weighted by atomic mass is 9.95. The summed E-state index contributed by atoms with van der Waals surface area (Å²) < 4.78 is 30.1. The van der Waals surface area contributed by atoms with Crippen molar-refractivity contribution in [1.29, 1.82) is 0 Å². The summed E-state index contributed by atoms with van der Waals surface area (Å²) in [5.74, 6) is -2.71. The number of sulfonamides is 1. The normalized spacial score (nSPS) is 18.5. The summed E-state index contributed by atoms with van der Waals surface area (Å²) in [5, 5.41) is 8.84. The van der Waals surface area contributed by atoms with Crippen LogP contribution in [0.3, 0.4) is 0 Å². The Morgan fingerprint density at radius 1 is 1.33 bits per heavy atom. The molecule has 0 aromatic heterocycles. The molecule has 1 rings (SSSR count). The SMILES string of the molecule is COC(=O)CS(=O)(=O)NC1(CC(=O)O)CCCC1. The number of methoxy groups -OCH3 is 1. The first-order valence-electron chi connectivity index (χ1n) is 5.59. The minimum Gasteiger partial charge on any atom is -0.481 e. The molecule has 0 unspecified atom stereocenters. The number of carboxylic acids is 1. The molecule has 0 heterocycles. The highest BCUT2D eigenvalue weighted by molar-refractivity contribution is 7.90. The van der Waals surface area contributed by atoms with Crippen LogP contribution in [0.15, 0.2) is 0 Å². The van der Waals surface area contributed by atoms with Crippen LogP contribution in [-0.2, 0) is 24.3 Å². The van der Waals surface area contributed by atoms with E-state index < -0.39 is 33.3 Å². The predicted octanol–water partition coefficient (Wildman–Crippen LogP) is -0.134. The van der Waals surface area contributed by atoms with Crippen molar-refractivity contribution in [3.63, 3.8) is 0 Å². The van der Waals surface area contributed by atoms with Gasteiger partial charge >= 0.3 is 11.9 Å². The van der Waals surface area contributed by atoms with Gasteiger partial charge in [-0.3, -0.25) is 9.59 Å². The lowest BCUT2D eigenvalue weighted by Gasteiger charge is -2.27. The van der Waals surface area contributed by atoms with Crippen LogP contribution in [0, 0.1) is 0 Å². The van der Waals surface area contributed by atoms with Crippen LogP contribution in [0.1, 0.15) is 32.1 Å². The summed E-state index contributed by atoms with van der Waals surface area (Å²) in [4.78, 5) is 21.8. The van der Waals surface area contributed by atoms with Gasteiger partial charge in [0.15, 0.2) is 5.75 Å². The molecule has 8 heteroatoms. The molecule has 0 radical (unpaired) electrons. The molecule has 1 fully saturated rings. The van der Waals surface area contributed by atoms with Gasteiger partial charge in [0.1, 0.15) is 0 Å². The second kappa shape index (κ2) is 5.66. The smallest absolute Gasteiger partial charge is 0.322 e. The Labute approximate surface area is 106 Å². The molecule has 0 bridgehead atoms. The second-order valence-electron chi connectivity index (χ2n) is 4.50. The molecule has 0 amide bonds. The number of carbonyl (C=O) groups is 2. The third kappa shape index (κ3) is 4.26. The minimum atomic E-state index is -3.87. The molecule has 2 N–H and O–H groups in total. The van der Waals surface area contributed by atoms with E-state index in [1.165, 1.54) is 0 Å². The highest BCUT2D eigenvalue weighted by Crippen LogP contribution is 2.33. The third-order valence-corrected chi connectivity index (χ3v) is 4.32. The maximum Gasteiger partial charge on any atom is 0.322 e. The van der Waals surface area contributed by atoms with Gasteiger partial charge in [0.05, 0.1) is 13.5 Å². The summed E-state index contributed by atoms with van der Waals surface area (Å²) in [5.41, 5.74) is -0.960. The van der Waals surface area contributed by atoms with Crippen molar-refractivity contribution in [3.8, 4) is 0 Å². The first-order chi connectivity index (χ1) is 8.29. The lowest BCUT2D eigenvalue weighted by molar-refractivity contribution is -0.138. The molecular weight excluding hydrogens is 262 g/mol. The van der Waals surface area contributed by atoms with E-state index in [0.29, 0.717) is 12.8 Å². The topological polar surface area (TPSA) is 110 Å². The van der Waals surface area contributed by atoms with E-state index in [2.05, 4.69) is 9.46 Å². The van der Waals surface area contributed by atoms with Crippen molar-refractivity contribution in [2.45, 2.75) is 37.6 Å². The molecule has 0 aromatic carbocycles. The van der Waals surface area contributed by atoms with Gasteiger partial charge < -0.3 is 9.84 Å². The van der Waals surface area contributed by atoms with E-state index >= 15 is 0 Å². The first-order valence-corrected chi connectivity index (χ1v) is 7.24. The summed E-state index contributed by atoms with van der Waals surface area (Å²) in [6, 6.07) is 0. The first kappa shape index (κ1) is 14.9. The van der Waals surface area contributed by atoms with Crippen LogP contribution >= 0.6 is 0 Å². The van der Waals surface area contributed by atoms with Crippen molar-refractivity contribution in [1.82, 2.24) is 4.72 Å². The number of aliphatic carboxylic acids is 1. The van der Waals surface area contributed by atoms with E-state index in [9.17, 15) is 18.0 Å². The zero-order valence-corrected chi connectivity index (χ0v) is 11.0. The summed E-state index contributed by atoms with van der Waals surface area (Å²) in [7, 11) is -2.77. The molecule has 0 aliphatic heterocycles. The fraction of sp³-hybridized carbons (Fsp3) is 0.800. The maximum absolute atomic E-state index is 11.7. The van der Waals surface area contributed by atoms with Crippen LogP contribution < -0.4 is 4.72 Å². The number of rotatable bonds is 6. The number of hydrogen-bond donors (Lipinski definition) is 2.